The number of H-pyrrole nitrogens is 1. The SMILES string of the molecule is Nc1n[nH]c(C2C3C4CCC(C4)C23)c1-c1ccncc1. The van der Waals surface area contributed by atoms with E-state index in [0.717, 1.165) is 34.8 Å². The molecule has 2 aromatic rings. The summed E-state index contributed by atoms with van der Waals surface area (Å²) < 4.78 is 0. The van der Waals surface area contributed by atoms with Crippen molar-refractivity contribution in [3.05, 3.63) is 30.2 Å². The van der Waals surface area contributed by atoms with Gasteiger partial charge in [0, 0.05) is 29.6 Å². The zero-order valence-corrected chi connectivity index (χ0v) is 11.3. The highest BCUT2D eigenvalue weighted by Crippen LogP contribution is 2.73. The quantitative estimate of drug-likeness (QED) is 0.878. The molecule has 4 unspecified atom stereocenters. The van der Waals surface area contributed by atoms with E-state index in [4.69, 9.17) is 5.73 Å². The predicted molar refractivity (Wildman–Crippen MR) is 76.8 cm³/mol. The van der Waals surface area contributed by atoms with Crippen LogP contribution in [0.5, 0.6) is 0 Å². The smallest absolute Gasteiger partial charge is 0.153 e. The van der Waals surface area contributed by atoms with Crippen LogP contribution in [-0.4, -0.2) is 15.2 Å². The lowest BCUT2D eigenvalue weighted by atomic mass is 9.96. The van der Waals surface area contributed by atoms with Gasteiger partial charge in [-0.1, -0.05) is 0 Å². The number of rotatable bonds is 2. The van der Waals surface area contributed by atoms with Crippen molar-refractivity contribution in [1.29, 1.82) is 0 Å². The standard InChI is InChI=1S/C16H18N4/c17-16-13(8-3-5-18-6-4-8)15(19-20-16)14-11-9-1-2-10(7-9)12(11)14/h3-6,9-12,14H,1-2,7H2,(H3,17,19,20). The molecule has 0 aromatic carbocycles. The number of nitrogens with zero attached hydrogens (tertiary/aromatic N) is 2. The highest BCUT2D eigenvalue weighted by atomic mass is 15.2. The number of nitrogens with two attached hydrogens (primary N) is 1. The fourth-order valence-corrected chi connectivity index (χ4v) is 5.14. The van der Waals surface area contributed by atoms with Gasteiger partial charge in [-0.25, -0.2) is 0 Å². The molecule has 0 radical (unpaired) electrons. The summed E-state index contributed by atoms with van der Waals surface area (Å²) >= 11 is 0. The highest BCUT2D eigenvalue weighted by molar-refractivity contribution is 5.77. The molecule has 3 aliphatic carbocycles. The molecular weight excluding hydrogens is 248 g/mol. The second-order valence-electron chi connectivity index (χ2n) is 6.65. The van der Waals surface area contributed by atoms with Crippen molar-refractivity contribution in [3.8, 4) is 11.1 Å². The topological polar surface area (TPSA) is 67.6 Å². The third-order valence-electron chi connectivity index (χ3n) is 5.86. The van der Waals surface area contributed by atoms with Gasteiger partial charge in [-0.2, -0.15) is 5.10 Å². The zero-order valence-electron chi connectivity index (χ0n) is 11.3. The molecule has 20 heavy (non-hydrogen) atoms. The van der Waals surface area contributed by atoms with Gasteiger partial charge in [-0.15, -0.1) is 0 Å². The summed E-state index contributed by atoms with van der Waals surface area (Å²) in [5, 5.41) is 7.52. The Morgan fingerprint density at radius 1 is 1.10 bits per heavy atom. The van der Waals surface area contributed by atoms with Crippen molar-refractivity contribution in [2.75, 3.05) is 5.73 Å². The van der Waals surface area contributed by atoms with Gasteiger partial charge in [0.1, 0.15) is 0 Å². The zero-order chi connectivity index (χ0) is 13.3. The van der Waals surface area contributed by atoms with Crippen LogP contribution >= 0.6 is 0 Å². The number of aromatic nitrogens is 3. The summed E-state index contributed by atoms with van der Waals surface area (Å²) in [5.74, 6) is 5.02. The average molecular weight is 266 g/mol. The molecule has 4 heteroatoms. The van der Waals surface area contributed by atoms with Gasteiger partial charge in [0.05, 0.1) is 0 Å². The number of anilines is 1. The lowest BCUT2D eigenvalue weighted by Gasteiger charge is -2.09. The molecule has 4 nitrogen and oxygen atoms in total. The van der Waals surface area contributed by atoms with Gasteiger partial charge in [-0.05, 0) is 60.6 Å². The monoisotopic (exact) mass is 266 g/mol. The summed E-state index contributed by atoms with van der Waals surface area (Å²) in [7, 11) is 0. The number of aromatic amines is 1. The third-order valence-corrected chi connectivity index (χ3v) is 5.86. The van der Waals surface area contributed by atoms with Crippen LogP contribution in [0.25, 0.3) is 11.1 Å². The molecule has 2 heterocycles. The summed E-state index contributed by atoms with van der Waals surface area (Å²) in [6.07, 6.45) is 8.00. The van der Waals surface area contributed by atoms with Crippen molar-refractivity contribution in [2.45, 2.75) is 25.2 Å². The van der Waals surface area contributed by atoms with Crippen molar-refractivity contribution < 1.29 is 0 Å². The molecule has 3 N–H and O–H groups in total. The van der Waals surface area contributed by atoms with Crippen LogP contribution in [0.1, 0.15) is 30.9 Å². The average Bonchev–Trinajstić information content (AvgIpc) is 2.80. The number of nitrogens with one attached hydrogen (secondary N) is 1. The van der Waals surface area contributed by atoms with E-state index in [2.05, 4.69) is 15.2 Å². The van der Waals surface area contributed by atoms with Gasteiger partial charge in [0.2, 0.25) is 0 Å². The van der Waals surface area contributed by atoms with E-state index in [-0.39, 0.29) is 0 Å². The Hall–Kier alpha value is -1.84. The Labute approximate surface area is 117 Å². The minimum atomic E-state index is 0.628. The van der Waals surface area contributed by atoms with Gasteiger partial charge in [0.15, 0.2) is 5.82 Å². The second kappa shape index (κ2) is 3.62. The van der Waals surface area contributed by atoms with Gasteiger partial charge < -0.3 is 5.73 Å². The fraction of sp³-hybridized carbons (Fsp3) is 0.500. The third kappa shape index (κ3) is 1.27. The van der Waals surface area contributed by atoms with Gasteiger partial charge in [0.25, 0.3) is 0 Å². The van der Waals surface area contributed by atoms with E-state index in [1.807, 2.05) is 24.5 Å². The Balaban J connectivity index is 1.58. The number of nitrogen functional groups attached to an aromatic ring is 1. The largest absolute Gasteiger partial charge is 0.382 e. The van der Waals surface area contributed by atoms with Crippen molar-refractivity contribution in [2.24, 2.45) is 23.7 Å². The van der Waals surface area contributed by atoms with Crippen LogP contribution in [0.2, 0.25) is 0 Å². The number of hydrogen-bond donors (Lipinski definition) is 2. The second-order valence-corrected chi connectivity index (χ2v) is 6.65. The summed E-state index contributed by atoms with van der Waals surface area (Å²) in [5.41, 5.74) is 9.64. The highest BCUT2D eigenvalue weighted by Gasteiger charge is 2.66. The maximum absolute atomic E-state index is 6.11. The van der Waals surface area contributed by atoms with Crippen molar-refractivity contribution >= 4 is 5.82 Å². The summed E-state index contributed by atoms with van der Waals surface area (Å²) in [6, 6.07) is 4.05. The lowest BCUT2D eigenvalue weighted by molar-refractivity contribution is 0.456. The molecule has 0 amide bonds. The van der Waals surface area contributed by atoms with Crippen LogP contribution in [0.4, 0.5) is 5.82 Å². The molecule has 3 aliphatic rings. The molecule has 0 aliphatic heterocycles. The van der Waals surface area contributed by atoms with Crippen LogP contribution in [0.3, 0.4) is 0 Å². The van der Waals surface area contributed by atoms with Gasteiger partial charge >= 0.3 is 0 Å². The number of hydrogen-bond acceptors (Lipinski definition) is 3. The molecule has 0 saturated heterocycles. The van der Waals surface area contributed by atoms with Crippen molar-refractivity contribution in [1.82, 2.24) is 15.2 Å². The molecule has 0 spiro atoms. The Kier molecular flexibility index (Phi) is 1.97. The number of pyridine rings is 1. The summed E-state index contributed by atoms with van der Waals surface area (Å²) in [4.78, 5) is 4.10. The van der Waals surface area contributed by atoms with Crippen LogP contribution in [0.15, 0.2) is 24.5 Å². The first-order chi connectivity index (χ1) is 9.84. The molecule has 2 aromatic heterocycles. The maximum Gasteiger partial charge on any atom is 0.153 e. The van der Waals surface area contributed by atoms with Crippen LogP contribution in [-0.2, 0) is 0 Å². The van der Waals surface area contributed by atoms with E-state index in [0.29, 0.717) is 11.7 Å². The minimum absolute atomic E-state index is 0.628. The van der Waals surface area contributed by atoms with E-state index >= 15 is 0 Å². The van der Waals surface area contributed by atoms with Crippen LogP contribution in [0, 0.1) is 23.7 Å². The molecule has 3 saturated carbocycles. The number of fused-ring (bicyclic) bond motifs is 5. The van der Waals surface area contributed by atoms with Crippen molar-refractivity contribution in [3.63, 3.8) is 0 Å². The van der Waals surface area contributed by atoms with Gasteiger partial charge in [-0.3, -0.25) is 10.1 Å². The Morgan fingerprint density at radius 3 is 2.50 bits per heavy atom. The van der Waals surface area contributed by atoms with E-state index < -0.39 is 0 Å². The molecule has 3 fully saturated rings. The van der Waals surface area contributed by atoms with Crippen LogP contribution < -0.4 is 5.73 Å². The van der Waals surface area contributed by atoms with E-state index in [1.165, 1.54) is 25.0 Å². The first-order valence-electron chi connectivity index (χ1n) is 7.58. The Bertz CT molecular complexity index is 646. The first kappa shape index (κ1) is 10.9. The first-order valence-corrected chi connectivity index (χ1v) is 7.58. The normalized spacial score (nSPS) is 37.1. The summed E-state index contributed by atoms with van der Waals surface area (Å²) in [6.45, 7) is 0. The fourth-order valence-electron chi connectivity index (χ4n) is 5.14. The van der Waals surface area contributed by atoms with E-state index in [1.54, 1.807) is 0 Å². The molecule has 4 atom stereocenters. The molecule has 5 rings (SSSR count). The molecule has 102 valence electrons. The predicted octanol–water partition coefficient (Wildman–Crippen LogP) is 2.81. The van der Waals surface area contributed by atoms with E-state index in [9.17, 15) is 0 Å². The maximum atomic E-state index is 6.11. The molecule has 2 bridgehead atoms. The molecular formula is C16H18N4. The lowest BCUT2D eigenvalue weighted by Crippen LogP contribution is -1.99. The Morgan fingerprint density at radius 2 is 1.80 bits per heavy atom. The minimum Gasteiger partial charge on any atom is -0.382 e.